The molecule has 2 aromatic rings. The monoisotopic (exact) mass is 310 g/mol. The van der Waals surface area contributed by atoms with Gasteiger partial charge in [0.15, 0.2) is 0 Å². The van der Waals surface area contributed by atoms with Gasteiger partial charge in [-0.2, -0.15) is 0 Å². The second kappa shape index (κ2) is 6.71. The number of pyridine rings is 1. The second-order valence-electron chi connectivity index (χ2n) is 5.04. The van der Waals surface area contributed by atoms with E-state index < -0.39 is 0 Å². The van der Waals surface area contributed by atoms with Crippen LogP contribution in [0.1, 0.15) is 16.4 Å². The lowest BCUT2D eigenvalue weighted by Crippen LogP contribution is -2.15. The van der Waals surface area contributed by atoms with E-state index in [9.17, 15) is 4.79 Å². The highest BCUT2D eigenvalue weighted by atomic mass is 32.1. The summed E-state index contributed by atoms with van der Waals surface area (Å²) in [5.74, 6) is -0.491. The summed E-state index contributed by atoms with van der Waals surface area (Å²) in [5.41, 5.74) is 2.51. The Balaban J connectivity index is 1.61. The van der Waals surface area contributed by atoms with Crippen molar-refractivity contribution in [2.75, 3.05) is 6.61 Å². The SMILES string of the molecule is C=C(C(=O)OCCc1cccs1)C(C1=C[CH]1)c1cccnc1. The molecule has 0 amide bonds. The number of allylic oxidation sites excluding steroid dienone is 2. The van der Waals surface area contributed by atoms with Crippen LogP contribution in [0.25, 0.3) is 0 Å². The summed E-state index contributed by atoms with van der Waals surface area (Å²) in [6.07, 6.45) is 8.20. The van der Waals surface area contributed by atoms with Crippen LogP contribution >= 0.6 is 11.3 Å². The van der Waals surface area contributed by atoms with E-state index >= 15 is 0 Å². The zero-order valence-corrected chi connectivity index (χ0v) is 12.9. The number of nitrogens with zero attached hydrogens (tertiary/aromatic N) is 1. The number of esters is 1. The molecule has 0 spiro atoms. The van der Waals surface area contributed by atoms with Gasteiger partial charge in [0.2, 0.25) is 0 Å². The number of hydrogen-bond acceptors (Lipinski definition) is 4. The predicted octanol–water partition coefficient (Wildman–Crippen LogP) is 3.71. The lowest BCUT2D eigenvalue weighted by molar-refractivity contribution is -0.139. The van der Waals surface area contributed by atoms with Gasteiger partial charge in [-0.1, -0.05) is 30.4 Å². The Morgan fingerprint density at radius 2 is 2.23 bits per heavy atom. The minimum Gasteiger partial charge on any atom is -0.462 e. The Morgan fingerprint density at radius 3 is 2.86 bits per heavy atom. The molecule has 0 N–H and O–H groups in total. The van der Waals surface area contributed by atoms with Gasteiger partial charge in [0.25, 0.3) is 0 Å². The molecule has 111 valence electrons. The predicted molar refractivity (Wildman–Crippen MR) is 87.5 cm³/mol. The maximum absolute atomic E-state index is 12.2. The van der Waals surface area contributed by atoms with Crippen molar-refractivity contribution in [2.24, 2.45) is 0 Å². The minimum absolute atomic E-state index is 0.150. The minimum atomic E-state index is -0.341. The maximum atomic E-state index is 12.2. The van der Waals surface area contributed by atoms with Gasteiger partial charge in [0.05, 0.1) is 6.61 Å². The summed E-state index contributed by atoms with van der Waals surface area (Å²) in [4.78, 5) is 17.6. The molecule has 0 fully saturated rings. The highest BCUT2D eigenvalue weighted by molar-refractivity contribution is 7.09. The van der Waals surface area contributed by atoms with E-state index in [1.807, 2.05) is 42.1 Å². The van der Waals surface area contributed by atoms with E-state index in [0.29, 0.717) is 12.2 Å². The van der Waals surface area contributed by atoms with Crippen LogP contribution < -0.4 is 0 Å². The van der Waals surface area contributed by atoms with Crippen molar-refractivity contribution < 1.29 is 9.53 Å². The fraction of sp³-hybridized carbons (Fsp3) is 0.167. The summed E-state index contributed by atoms with van der Waals surface area (Å²) in [7, 11) is 0. The zero-order chi connectivity index (χ0) is 15.4. The van der Waals surface area contributed by atoms with E-state index in [2.05, 4.69) is 11.6 Å². The van der Waals surface area contributed by atoms with Gasteiger partial charge >= 0.3 is 5.97 Å². The smallest absolute Gasteiger partial charge is 0.334 e. The molecule has 0 saturated carbocycles. The molecule has 2 aromatic heterocycles. The van der Waals surface area contributed by atoms with Gasteiger partial charge < -0.3 is 4.74 Å². The normalized spacial score (nSPS) is 14.1. The molecule has 2 heterocycles. The van der Waals surface area contributed by atoms with Crippen LogP contribution in [0.3, 0.4) is 0 Å². The molecule has 1 radical (unpaired) electrons. The Bertz CT molecular complexity index is 689. The number of hydrogen-bond donors (Lipinski definition) is 0. The molecule has 22 heavy (non-hydrogen) atoms. The molecule has 0 bridgehead atoms. The molecule has 4 heteroatoms. The molecule has 0 aromatic carbocycles. The number of carbonyl (C=O) groups is 1. The molecule has 0 saturated heterocycles. The lowest BCUT2D eigenvalue weighted by atomic mass is 9.90. The highest BCUT2D eigenvalue weighted by Gasteiger charge is 2.29. The number of carbonyl (C=O) groups excluding carboxylic acids is 1. The van der Waals surface area contributed by atoms with Crippen LogP contribution in [0.2, 0.25) is 0 Å². The number of rotatable bonds is 7. The summed E-state index contributed by atoms with van der Waals surface area (Å²) < 4.78 is 5.36. The van der Waals surface area contributed by atoms with Crippen molar-refractivity contribution in [3.63, 3.8) is 0 Å². The molecular weight excluding hydrogens is 294 g/mol. The van der Waals surface area contributed by atoms with Crippen LogP contribution in [0, 0.1) is 6.42 Å². The molecular formula is C18H16NO2S. The Morgan fingerprint density at radius 1 is 1.36 bits per heavy atom. The third kappa shape index (κ3) is 3.52. The fourth-order valence-electron chi connectivity index (χ4n) is 2.29. The lowest BCUT2D eigenvalue weighted by Gasteiger charge is -2.16. The van der Waals surface area contributed by atoms with Crippen molar-refractivity contribution in [3.8, 4) is 0 Å². The highest BCUT2D eigenvalue weighted by Crippen LogP contribution is 2.39. The number of ether oxygens (including phenoxy) is 1. The van der Waals surface area contributed by atoms with Crippen molar-refractivity contribution >= 4 is 17.3 Å². The molecule has 1 aliphatic rings. The summed E-state index contributed by atoms with van der Waals surface area (Å²) in [6, 6.07) is 7.85. The number of aromatic nitrogens is 1. The zero-order valence-electron chi connectivity index (χ0n) is 12.1. The summed E-state index contributed by atoms with van der Waals surface area (Å²) >= 11 is 1.66. The molecule has 1 atom stereocenters. The molecule has 0 aliphatic heterocycles. The van der Waals surface area contributed by atoms with E-state index in [1.165, 1.54) is 4.88 Å². The standard InChI is InChI=1S/C18H16NO2S/c1-13(18(20)21-10-8-16-5-3-11-22-16)17(14-6-7-14)15-4-2-9-19-12-15/h2-7,9,11-12,17H,1,8,10H2. The van der Waals surface area contributed by atoms with Crippen LogP contribution in [0.15, 0.2) is 65.8 Å². The van der Waals surface area contributed by atoms with Crippen molar-refractivity contribution in [1.82, 2.24) is 4.98 Å². The molecule has 3 rings (SSSR count). The summed E-state index contributed by atoms with van der Waals surface area (Å²) in [6.45, 7) is 4.32. The van der Waals surface area contributed by atoms with Crippen LogP contribution in [0.4, 0.5) is 0 Å². The average molecular weight is 310 g/mol. The topological polar surface area (TPSA) is 39.2 Å². The van der Waals surface area contributed by atoms with Crippen molar-refractivity contribution in [2.45, 2.75) is 12.3 Å². The first-order valence-electron chi connectivity index (χ1n) is 7.09. The first kappa shape index (κ1) is 14.7. The average Bonchev–Trinajstić information content (AvgIpc) is 3.23. The maximum Gasteiger partial charge on any atom is 0.334 e. The summed E-state index contributed by atoms with van der Waals surface area (Å²) in [5, 5.41) is 2.02. The Hall–Kier alpha value is -2.20. The van der Waals surface area contributed by atoms with E-state index in [4.69, 9.17) is 4.74 Å². The van der Waals surface area contributed by atoms with Crippen LogP contribution in [-0.4, -0.2) is 17.6 Å². The van der Waals surface area contributed by atoms with Crippen molar-refractivity contribution in [3.05, 3.63) is 82.7 Å². The van der Waals surface area contributed by atoms with Crippen molar-refractivity contribution in [1.29, 1.82) is 0 Å². The molecule has 1 aliphatic carbocycles. The van der Waals surface area contributed by atoms with Gasteiger partial charge in [0, 0.05) is 41.6 Å². The third-order valence-corrected chi connectivity index (χ3v) is 4.42. The fourth-order valence-corrected chi connectivity index (χ4v) is 2.98. The first-order chi connectivity index (χ1) is 10.8. The quantitative estimate of drug-likeness (QED) is 0.578. The number of thiophene rings is 1. The largest absolute Gasteiger partial charge is 0.462 e. The van der Waals surface area contributed by atoms with Crippen LogP contribution in [0.5, 0.6) is 0 Å². The second-order valence-corrected chi connectivity index (χ2v) is 6.08. The van der Waals surface area contributed by atoms with Gasteiger partial charge in [-0.05, 0) is 23.1 Å². The van der Waals surface area contributed by atoms with Gasteiger partial charge in [-0.15, -0.1) is 11.3 Å². The van der Waals surface area contributed by atoms with Gasteiger partial charge in [-0.25, -0.2) is 4.79 Å². The molecule has 3 nitrogen and oxygen atoms in total. The van der Waals surface area contributed by atoms with E-state index in [1.54, 1.807) is 23.7 Å². The Kier molecular flexibility index (Phi) is 4.49. The first-order valence-corrected chi connectivity index (χ1v) is 7.97. The van der Waals surface area contributed by atoms with Crippen LogP contribution in [-0.2, 0) is 16.0 Å². The van der Waals surface area contributed by atoms with Gasteiger partial charge in [-0.3, -0.25) is 4.98 Å². The Labute approximate surface area is 134 Å². The third-order valence-electron chi connectivity index (χ3n) is 3.48. The van der Waals surface area contributed by atoms with E-state index in [0.717, 1.165) is 17.6 Å². The molecule has 1 unspecified atom stereocenters. The van der Waals surface area contributed by atoms with E-state index in [-0.39, 0.29) is 11.9 Å². The van der Waals surface area contributed by atoms with Gasteiger partial charge in [0.1, 0.15) is 0 Å².